The first-order valence-electron chi connectivity index (χ1n) is 19.3. The largest absolute Gasteiger partial charge is 0.457 e. The Balaban J connectivity index is 1.07. The Labute approximate surface area is 336 Å². The van der Waals surface area contributed by atoms with Gasteiger partial charge in [-0.3, -0.25) is 0 Å². The molecule has 0 amide bonds. The highest BCUT2D eigenvalue weighted by Crippen LogP contribution is 2.62. The van der Waals surface area contributed by atoms with Gasteiger partial charge in [-0.15, -0.1) is 0 Å². The van der Waals surface area contributed by atoms with Gasteiger partial charge in [0.15, 0.2) is 17.5 Å². The molecule has 0 atom stereocenters. The summed E-state index contributed by atoms with van der Waals surface area (Å²) < 4.78 is 6.82. The number of hydrogen-bond donors (Lipinski definition) is 0. The van der Waals surface area contributed by atoms with Crippen LogP contribution in [-0.4, -0.2) is 15.0 Å². The second-order valence-corrected chi connectivity index (χ2v) is 14.6. The van der Waals surface area contributed by atoms with Gasteiger partial charge in [0.25, 0.3) is 0 Å². The molecule has 1 spiro atoms. The lowest BCUT2D eigenvalue weighted by Gasteiger charge is -2.40. The third-order valence-corrected chi connectivity index (χ3v) is 11.5. The molecule has 0 radical (unpaired) electrons. The first kappa shape index (κ1) is 33.4. The van der Waals surface area contributed by atoms with Crippen LogP contribution in [-0.2, 0) is 5.41 Å². The van der Waals surface area contributed by atoms with E-state index >= 15 is 0 Å². The van der Waals surface area contributed by atoms with Crippen molar-refractivity contribution in [3.8, 4) is 85.1 Å². The van der Waals surface area contributed by atoms with Gasteiger partial charge in [-0.05, 0) is 74.8 Å². The second-order valence-electron chi connectivity index (χ2n) is 14.6. The highest BCUT2D eigenvalue weighted by atomic mass is 16.5. The van der Waals surface area contributed by atoms with E-state index in [1.54, 1.807) is 0 Å². The molecule has 5 heteroatoms. The molecule has 0 saturated carbocycles. The zero-order chi connectivity index (χ0) is 38.6. The molecule has 58 heavy (non-hydrogen) atoms. The quantitative estimate of drug-likeness (QED) is 0.176. The number of benzene rings is 8. The summed E-state index contributed by atoms with van der Waals surface area (Å²) in [5.41, 5.74) is 13.7. The lowest BCUT2D eigenvalue weighted by Crippen LogP contribution is -2.32. The summed E-state index contributed by atoms with van der Waals surface area (Å²) in [6, 6.07) is 69.1. The Hall–Kier alpha value is -7.94. The molecule has 0 saturated heterocycles. The van der Waals surface area contributed by atoms with E-state index in [0.717, 1.165) is 61.6 Å². The van der Waals surface area contributed by atoms with Crippen LogP contribution in [0, 0.1) is 11.3 Å². The molecule has 5 nitrogen and oxygen atoms in total. The first-order chi connectivity index (χ1) is 28.7. The summed E-state index contributed by atoms with van der Waals surface area (Å²) in [6.07, 6.45) is 0. The van der Waals surface area contributed by atoms with Gasteiger partial charge in [-0.25, -0.2) is 15.0 Å². The molecule has 270 valence electrons. The number of rotatable bonds is 5. The predicted octanol–water partition coefficient (Wildman–Crippen LogP) is 12.5. The molecule has 2 heterocycles. The zero-order valence-electron chi connectivity index (χ0n) is 31.2. The van der Waals surface area contributed by atoms with Crippen molar-refractivity contribution in [3.63, 3.8) is 0 Å². The maximum absolute atomic E-state index is 10.1. The minimum Gasteiger partial charge on any atom is -0.457 e. The fraction of sp³-hybridized carbons (Fsp3) is 0.0189. The number of ether oxygens (including phenoxy) is 1. The predicted molar refractivity (Wildman–Crippen MR) is 229 cm³/mol. The molecule has 0 fully saturated rings. The van der Waals surface area contributed by atoms with Crippen LogP contribution in [0.15, 0.2) is 194 Å². The van der Waals surface area contributed by atoms with Gasteiger partial charge in [0.05, 0.1) is 17.0 Å². The summed E-state index contributed by atoms with van der Waals surface area (Å²) in [4.78, 5) is 14.8. The first-order valence-corrected chi connectivity index (χ1v) is 19.3. The third kappa shape index (κ3) is 5.20. The van der Waals surface area contributed by atoms with Crippen molar-refractivity contribution < 1.29 is 4.74 Å². The van der Waals surface area contributed by atoms with Gasteiger partial charge in [0.1, 0.15) is 11.5 Å². The van der Waals surface area contributed by atoms with Crippen LogP contribution in [0.3, 0.4) is 0 Å². The van der Waals surface area contributed by atoms with E-state index in [9.17, 15) is 5.26 Å². The van der Waals surface area contributed by atoms with Crippen molar-refractivity contribution in [1.82, 2.24) is 15.0 Å². The Morgan fingerprint density at radius 2 is 0.776 bits per heavy atom. The molecule has 1 aliphatic carbocycles. The molecule has 9 aromatic rings. The number of aromatic nitrogens is 3. The van der Waals surface area contributed by atoms with Crippen LogP contribution in [0.2, 0.25) is 0 Å². The van der Waals surface area contributed by atoms with Gasteiger partial charge < -0.3 is 4.74 Å². The number of nitriles is 1. The topological polar surface area (TPSA) is 71.7 Å². The average Bonchev–Trinajstić information content (AvgIpc) is 3.60. The Kier molecular flexibility index (Phi) is 7.70. The summed E-state index contributed by atoms with van der Waals surface area (Å²) in [5.74, 6) is 3.49. The summed E-state index contributed by atoms with van der Waals surface area (Å²) in [5, 5.41) is 10.1. The number of nitrogens with zero attached hydrogens (tertiary/aromatic N) is 4. The maximum Gasteiger partial charge on any atom is 0.164 e. The van der Waals surface area contributed by atoms with Crippen LogP contribution in [0.4, 0.5) is 0 Å². The molecule has 1 aliphatic heterocycles. The van der Waals surface area contributed by atoms with E-state index in [-0.39, 0.29) is 0 Å². The maximum atomic E-state index is 10.1. The standard InChI is InChI=1S/C53H32N4O/c54-33-40-17-7-8-18-41(40)39-28-30-49-47(32-39)53(44-21-11-9-19-42(44)43-20-10-12-22-45(43)53)46-31-38(27-29-48(46)58-49)34-23-25-37(26-24-34)52-56-50(35-13-3-1-4-14-35)55-51(57-52)36-15-5-2-6-16-36/h1-32H. The fourth-order valence-electron chi connectivity index (χ4n) is 8.83. The molecule has 11 rings (SSSR count). The van der Waals surface area contributed by atoms with E-state index < -0.39 is 5.41 Å². The minimum absolute atomic E-state index is 0.613. The van der Waals surface area contributed by atoms with Crippen molar-refractivity contribution in [2.75, 3.05) is 0 Å². The summed E-state index contributed by atoms with van der Waals surface area (Å²) >= 11 is 0. The molecular formula is C53H32N4O. The lowest BCUT2D eigenvalue weighted by molar-refractivity contribution is 0.436. The Morgan fingerprint density at radius 1 is 0.362 bits per heavy atom. The van der Waals surface area contributed by atoms with Crippen molar-refractivity contribution in [2.24, 2.45) is 0 Å². The van der Waals surface area contributed by atoms with Gasteiger partial charge in [0.2, 0.25) is 0 Å². The minimum atomic E-state index is -0.670. The van der Waals surface area contributed by atoms with Gasteiger partial charge in [0, 0.05) is 27.8 Å². The van der Waals surface area contributed by atoms with E-state index in [0.29, 0.717) is 23.0 Å². The third-order valence-electron chi connectivity index (χ3n) is 11.5. The molecule has 0 bridgehead atoms. The highest BCUT2D eigenvalue weighted by Gasteiger charge is 2.51. The van der Waals surface area contributed by atoms with Crippen LogP contribution in [0.1, 0.15) is 27.8 Å². The van der Waals surface area contributed by atoms with Crippen molar-refractivity contribution in [3.05, 3.63) is 222 Å². The van der Waals surface area contributed by atoms with E-state index in [1.807, 2.05) is 84.9 Å². The summed E-state index contributed by atoms with van der Waals surface area (Å²) in [7, 11) is 0. The van der Waals surface area contributed by atoms with Gasteiger partial charge in [-0.1, -0.05) is 164 Å². The molecule has 1 aromatic heterocycles. The SMILES string of the molecule is N#Cc1ccccc1-c1ccc2c(c1)C1(c3cc(-c4ccc(-c5nc(-c6ccccc6)nc(-c6ccccc6)n5)cc4)ccc3O2)c2ccccc2-c2ccccc21. The van der Waals surface area contributed by atoms with Crippen LogP contribution >= 0.6 is 0 Å². The van der Waals surface area contributed by atoms with E-state index in [1.165, 1.54) is 22.3 Å². The van der Waals surface area contributed by atoms with Crippen LogP contribution in [0.25, 0.3) is 67.5 Å². The Morgan fingerprint density at radius 3 is 1.33 bits per heavy atom. The van der Waals surface area contributed by atoms with E-state index in [2.05, 4.69) is 115 Å². The smallest absolute Gasteiger partial charge is 0.164 e. The molecular weight excluding hydrogens is 709 g/mol. The monoisotopic (exact) mass is 740 g/mol. The highest BCUT2D eigenvalue weighted by molar-refractivity contribution is 5.90. The van der Waals surface area contributed by atoms with Gasteiger partial charge >= 0.3 is 0 Å². The lowest BCUT2D eigenvalue weighted by atomic mass is 9.65. The second kappa shape index (κ2) is 13.4. The van der Waals surface area contributed by atoms with Crippen LogP contribution < -0.4 is 4.74 Å². The summed E-state index contributed by atoms with van der Waals surface area (Å²) in [6.45, 7) is 0. The van der Waals surface area contributed by atoms with Crippen molar-refractivity contribution in [1.29, 1.82) is 5.26 Å². The van der Waals surface area contributed by atoms with Crippen molar-refractivity contribution in [2.45, 2.75) is 5.41 Å². The molecule has 2 aliphatic rings. The number of hydrogen-bond acceptors (Lipinski definition) is 5. The van der Waals surface area contributed by atoms with Gasteiger partial charge in [-0.2, -0.15) is 5.26 Å². The number of fused-ring (bicyclic) bond motifs is 9. The molecule has 0 unspecified atom stereocenters. The fourth-order valence-corrected chi connectivity index (χ4v) is 8.83. The molecule has 8 aromatic carbocycles. The van der Waals surface area contributed by atoms with E-state index in [4.69, 9.17) is 19.7 Å². The normalized spacial score (nSPS) is 12.7. The van der Waals surface area contributed by atoms with Crippen LogP contribution in [0.5, 0.6) is 11.5 Å². The average molecular weight is 741 g/mol. The molecule has 0 N–H and O–H groups in total. The Bertz CT molecular complexity index is 2990. The zero-order valence-corrected chi connectivity index (χ0v) is 31.2. The van der Waals surface area contributed by atoms with Crippen molar-refractivity contribution >= 4 is 0 Å².